The van der Waals surface area contributed by atoms with Crippen molar-refractivity contribution in [1.82, 2.24) is 4.98 Å². The van der Waals surface area contributed by atoms with Crippen LogP contribution in [-0.4, -0.2) is 25.3 Å². The summed E-state index contributed by atoms with van der Waals surface area (Å²) in [6.45, 7) is 4.20. The Morgan fingerprint density at radius 3 is 2.40 bits per heavy atom. The minimum absolute atomic E-state index is 0.0831. The zero-order valence-corrected chi connectivity index (χ0v) is 17.1. The zero-order valence-electron chi connectivity index (χ0n) is 14.7. The molecule has 0 radical (unpaired) electrons. The minimum Gasteiger partial charge on any atom is -0.502 e. The molecule has 3 nitrogen and oxygen atoms in total. The Bertz CT molecular complexity index is 710. The van der Waals surface area contributed by atoms with Crippen LogP contribution in [0.25, 0.3) is 10.2 Å². The molecule has 2 aromatic rings. The van der Waals surface area contributed by atoms with Crippen molar-refractivity contribution in [3.05, 3.63) is 29.3 Å². The van der Waals surface area contributed by atoms with E-state index in [0.29, 0.717) is 12.8 Å². The second-order valence-corrected chi connectivity index (χ2v) is 8.24. The summed E-state index contributed by atoms with van der Waals surface area (Å²) in [7, 11) is 0. The third-order valence-electron chi connectivity index (χ3n) is 4.72. The fourth-order valence-corrected chi connectivity index (χ4v) is 5.25. The molecule has 1 aromatic carbocycles. The van der Waals surface area contributed by atoms with Crippen LogP contribution in [0.4, 0.5) is 0 Å². The minimum atomic E-state index is -0.893. The predicted octanol–water partition coefficient (Wildman–Crippen LogP) is 6.30. The highest BCUT2D eigenvalue weighted by molar-refractivity contribution is 7.80. The van der Waals surface area contributed by atoms with E-state index in [9.17, 15) is 10.2 Å². The lowest BCUT2D eigenvalue weighted by atomic mass is 9.70. The van der Waals surface area contributed by atoms with E-state index in [1.807, 2.05) is 24.3 Å². The van der Waals surface area contributed by atoms with Crippen LogP contribution in [0.3, 0.4) is 0 Å². The molecule has 0 bridgehead atoms. The van der Waals surface area contributed by atoms with Gasteiger partial charge in [0, 0.05) is 5.92 Å². The molecule has 0 saturated carbocycles. The molecule has 2 atom stereocenters. The Hall–Kier alpha value is -1.11. The molecule has 25 heavy (non-hydrogen) atoms. The van der Waals surface area contributed by atoms with Gasteiger partial charge in [0.15, 0.2) is 10.1 Å². The molecule has 1 aromatic heterocycles. The summed E-state index contributed by atoms with van der Waals surface area (Å²) in [4.78, 5) is 4.77. The van der Waals surface area contributed by atoms with E-state index in [-0.39, 0.29) is 10.1 Å². The van der Waals surface area contributed by atoms with Gasteiger partial charge in [-0.2, -0.15) is 0 Å². The molecule has 0 aliphatic carbocycles. The molecule has 0 saturated heterocycles. The molecule has 0 fully saturated rings. The van der Waals surface area contributed by atoms with Gasteiger partial charge >= 0.3 is 0 Å². The fraction of sp³-hybridized carbons (Fsp3) is 0.526. The van der Waals surface area contributed by atoms with Crippen molar-refractivity contribution in [3.63, 3.8) is 0 Å². The van der Waals surface area contributed by atoms with Crippen LogP contribution in [0.15, 0.2) is 24.3 Å². The van der Waals surface area contributed by atoms with Crippen molar-refractivity contribution in [2.45, 2.75) is 57.8 Å². The fourth-order valence-electron chi connectivity index (χ4n) is 3.29. The Morgan fingerprint density at radius 2 is 1.84 bits per heavy atom. The number of aliphatic hydroxyl groups excluding tert-OH is 2. The molecule has 0 aliphatic rings. The molecular formula is C19H25NO2S3. The average Bonchev–Trinajstić information content (AvgIpc) is 3.01. The number of benzene rings is 1. The Balaban J connectivity index is 2.63. The Morgan fingerprint density at radius 1 is 1.16 bits per heavy atom. The van der Waals surface area contributed by atoms with Crippen LogP contribution in [-0.2, 0) is 5.41 Å². The third-order valence-corrected chi connectivity index (χ3v) is 6.58. The standard InChI is InChI=1S/C19H25NO2S3/c1-3-5-9-13(16(21)23)19(18(22)24,12-6-4-2)17-20-14-10-7-8-11-15(14)25-17/h7-8,10-11,13H,3-6,9,12H2,1-2H3,(H,21,23)(H,22,24). The molecule has 0 amide bonds. The number of hydrogen-bond acceptors (Lipinski definition) is 4. The molecule has 1 heterocycles. The number of aromatic nitrogens is 1. The molecule has 2 unspecified atom stereocenters. The predicted molar refractivity (Wildman–Crippen MR) is 114 cm³/mol. The maximum Gasteiger partial charge on any atom is 0.170 e. The number of thiocarbonyl (C=S) groups is 2. The third kappa shape index (κ3) is 4.18. The van der Waals surface area contributed by atoms with E-state index in [1.165, 1.54) is 11.3 Å². The molecule has 0 spiro atoms. The first-order chi connectivity index (χ1) is 12.0. The first kappa shape index (κ1) is 20.2. The lowest BCUT2D eigenvalue weighted by molar-refractivity contribution is 0.309. The Kier molecular flexibility index (Phi) is 7.28. The number of hydrogen-bond donors (Lipinski definition) is 2. The highest BCUT2D eigenvalue weighted by Crippen LogP contribution is 2.44. The smallest absolute Gasteiger partial charge is 0.170 e. The summed E-state index contributed by atoms with van der Waals surface area (Å²) in [5.41, 5.74) is -0.00604. The molecular weight excluding hydrogens is 370 g/mol. The molecule has 6 heteroatoms. The van der Waals surface area contributed by atoms with E-state index in [4.69, 9.17) is 29.4 Å². The van der Waals surface area contributed by atoms with Gasteiger partial charge in [0.25, 0.3) is 0 Å². The highest BCUT2D eigenvalue weighted by Gasteiger charge is 2.48. The van der Waals surface area contributed by atoms with E-state index in [2.05, 4.69) is 13.8 Å². The van der Waals surface area contributed by atoms with Crippen LogP contribution < -0.4 is 0 Å². The van der Waals surface area contributed by atoms with Gasteiger partial charge in [0.1, 0.15) is 10.4 Å². The van der Waals surface area contributed by atoms with E-state index in [0.717, 1.165) is 40.9 Å². The summed E-state index contributed by atoms with van der Waals surface area (Å²) >= 11 is 12.0. The summed E-state index contributed by atoms with van der Waals surface area (Å²) in [5.74, 6) is -0.396. The van der Waals surface area contributed by atoms with Gasteiger partial charge in [-0.25, -0.2) is 4.98 Å². The van der Waals surface area contributed by atoms with Gasteiger partial charge in [0.05, 0.1) is 10.2 Å². The van der Waals surface area contributed by atoms with E-state index < -0.39 is 11.3 Å². The molecule has 136 valence electrons. The molecule has 0 aliphatic heterocycles. The SMILES string of the molecule is CCCCC(C(O)=S)C(CCCC)(C(O)=S)c1nc2ccccc2s1. The summed E-state index contributed by atoms with van der Waals surface area (Å²) < 4.78 is 1.05. The van der Waals surface area contributed by atoms with Crippen LogP contribution in [0, 0.1) is 5.92 Å². The van der Waals surface area contributed by atoms with Gasteiger partial charge in [-0.15, -0.1) is 11.3 Å². The van der Waals surface area contributed by atoms with E-state index >= 15 is 0 Å². The first-order valence-corrected chi connectivity index (χ1v) is 10.4. The van der Waals surface area contributed by atoms with Gasteiger partial charge in [-0.1, -0.05) is 51.7 Å². The van der Waals surface area contributed by atoms with Crippen molar-refractivity contribution < 1.29 is 10.2 Å². The maximum absolute atomic E-state index is 10.6. The van der Waals surface area contributed by atoms with Crippen molar-refractivity contribution in [1.29, 1.82) is 0 Å². The van der Waals surface area contributed by atoms with Crippen LogP contribution in [0.1, 0.15) is 57.4 Å². The van der Waals surface area contributed by atoms with Crippen LogP contribution in [0.5, 0.6) is 0 Å². The molecule has 2 rings (SSSR count). The first-order valence-electron chi connectivity index (χ1n) is 8.79. The number of unbranched alkanes of at least 4 members (excludes halogenated alkanes) is 2. The lowest BCUT2D eigenvalue weighted by Gasteiger charge is -2.36. The lowest BCUT2D eigenvalue weighted by Crippen LogP contribution is -2.45. The average molecular weight is 396 g/mol. The second kappa shape index (κ2) is 9.01. The van der Waals surface area contributed by atoms with Gasteiger partial charge in [-0.3, -0.25) is 0 Å². The van der Waals surface area contributed by atoms with Crippen molar-refractivity contribution in [3.8, 4) is 0 Å². The second-order valence-electron chi connectivity index (χ2n) is 6.40. The van der Waals surface area contributed by atoms with Crippen molar-refractivity contribution >= 4 is 56.1 Å². The number of para-hydroxylation sites is 1. The van der Waals surface area contributed by atoms with E-state index in [1.54, 1.807) is 0 Å². The monoisotopic (exact) mass is 395 g/mol. The highest BCUT2D eigenvalue weighted by atomic mass is 32.1. The normalized spacial score (nSPS) is 15.0. The van der Waals surface area contributed by atoms with Crippen molar-refractivity contribution in [2.24, 2.45) is 5.92 Å². The quantitative estimate of drug-likeness (QED) is 0.462. The number of aliphatic hydroxyl groups is 2. The summed E-state index contributed by atoms with van der Waals surface area (Å²) in [5, 5.41) is 21.5. The van der Waals surface area contributed by atoms with Crippen LogP contribution in [0.2, 0.25) is 0 Å². The van der Waals surface area contributed by atoms with Gasteiger partial charge in [0.2, 0.25) is 0 Å². The summed E-state index contributed by atoms with van der Waals surface area (Å²) in [6.07, 6.45) is 5.06. The topological polar surface area (TPSA) is 53.4 Å². The largest absolute Gasteiger partial charge is 0.502 e. The summed E-state index contributed by atoms with van der Waals surface area (Å²) in [6, 6.07) is 7.89. The Labute approximate surface area is 164 Å². The maximum atomic E-state index is 10.6. The number of thiazole rings is 1. The number of rotatable bonds is 10. The number of nitrogens with zero attached hydrogens (tertiary/aromatic N) is 1. The molecule has 2 N–H and O–H groups in total. The number of fused-ring (bicyclic) bond motifs is 1. The van der Waals surface area contributed by atoms with Crippen LogP contribution >= 0.6 is 35.8 Å². The van der Waals surface area contributed by atoms with Gasteiger partial charge < -0.3 is 10.2 Å². The zero-order chi connectivity index (χ0) is 18.4. The van der Waals surface area contributed by atoms with Crippen molar-refractivity contribution in [2.75, 3.05) is 0 Å². The van der Waals surface area contributed by atoms with Gasteiger partial charge in [-0.05, 0) is 49.4 Å².